The Morgan fingerprint density at radius 3 is 2.00 bits per heavy atom. The molecule has 9 nitrogen and oxygen atoms in total. The summed E-state index contributed by atoms with van der Waals surface area (Å²) < 4.78 is 10.5. The molecule has 0 aromatic heterocycles. The molecule has 0 spiro atoms. The van der Waals surface area contributed by atoms with Crippen molar-refractivity contribution in [2.45, 2.75) is 55.4 Å². The third-order valence-corrected chi connectivity index (χ3v) is 4.14. The first kappa shape index (κ1) is 17.0. The van der Waals surface area contributed by atoms with Gasteiger partial charge < -0.3 is 45.2 Å². The highest BCUT2D eigenvalue weighted by molar-refractivity contribution is 4.95. The molecule has 124 valence electrons. The van der Waals surface area contributed by atoms with E-state index in [1.165, 1.54) is 0 Å². The van der Waals surface area contributed by atoms with Crippen LogP contribution < -0.4 is 0 Å². The Hall–Kier alpha value is -0.360. The van der Waals surface area contributed by atoms with Gasteiger partial charge in [0.15, 0.2) is 6.29 Å². The fraction of sp³-hybridized carbons (Fsp3) is 1.00. The highest BCUT2D eigenvalue weighted by Gasteiger charge is 2.48. The Balaban J connectivity index is 2.01. The smallest absolute Gasteiger partial charge is 0.187 e. The summed E-state index contributed by atoms with van der Waals surface area (Å²) >= 11 is 0. The fourth-order valence-corrected chi connectivity index (χ4v) is 2.75. The zero-order chi connectivity index (χ0) is 15.7. The van der Waals surface area contributed by atoms with Gasteiger partial charge in [-0.1, -0.05) is 0 Å². The summed E-state index contributed by atoms with van der Waals surface area (Å²) in [5.41, 5.74) is 0. The molecule has 7 N–H and O–H groups in total. The van der Waals surface area contributed by atoms with Gasteiger partial charge in [0, 0.05) is 12.5 Å². The molecule has 9 heteroatoms. The van der Waals surface area contributed by atoms with Crippen molar-refractivity contribution in [3.63, 3.8) is 0 Å². The summed E-state index contributed by atoms with van der Waals surface area (Å²) in [4.78, 5) is 0. The van der Waals surface area contributed by atoms with Crippen molar-refractivity contribution in [3.8, 4) is 0 Å². The molecule has 1 heterocycles. The molecule has 2 rings (SSSR count). The average Bonchev–Trinajstić information content (AvgIpc) is 2.75. The van der Waals surface area contributed by atoms with Crippen LogP contribution in [0, 0.1) is 5.92 Å². The van der Waals surface area contributed by atoms with Crippen LogP contribution in [-0.2, 0) is 9.47 Å². The first-order chi connectivity index (χ1) is 9.90. The maximum Gasteiger partial charge on any atom is 0.187 e. The summed E-state index contributed by atoms with van der Waals surface area (Å²) in [7, 11) is 0. The second-order valence-electron chi connectivity index (χ2n) is 5.53. The molecule has 0 unspecified atom stereocenters. The zero-order valence-corrected chi connectivity index (χ0v) is 11.3. The van der Waals surface area contributed by atoms with E-state index >= 15 is 0 Å². The molecule has 1 saturated carbocycles. The largest absolute Gasteiger partial charge is 0.396 e. The summed E-state index contributed by atoms with van der Waals surface area (Å²) in [5.74, 6) is -0.689. The standard InChI is InChI=1S/C12H22O9/c13-2-4-1-5(8(16)10(18)7(4)15)20-12-11(19)9(17)6(3-14)21-12/h4-19H,1-3H2/t4-,5+,6-,7-,8+,9-,10+,11+,12-/m1/s1. The second kappa shape index (κ2) is 6.82. The van der Waals surface area contributed by atoms with Gasteiger partial charge in [-0.2, -0.15) is 0 Å². The minimum atomic E-state index is -1.50. The molecule has 1 aliphatic heterocycles. The number of rotatable bonds is 4. The fourth-order valence-electron chi connectivity index (χ4n) is 2.75. The van der Waals surface area contributed by atoms with Gasteiger partial charge in [0.25, 0.3) is 0 Å². The van der Waals surface area contributed by atoms with Gasteiger partial charge in [-0.05, 0) is 6.42 Å². The van der Waals surface area contributed by atoms with Crippen molar-refractivity contribution >= 4 is 0 Å². The van der Waals surface area contributed by atoms with Crippen LogP contribution in [0.25, 0.3) is 0 Å². The monoisotopic (exact) mass is 310 g/mol. The molecule has 2 aliphatic rings. The van der Waals surface area contributed by atoms with Crippen molar-refractivity contribution < 1.29 is 45.2 Å². The first-order valence-electron chi connectivity index (χ1n) is 6.83. The van der Waals surface area contributed by atoms with Gasteiger partial charge in [0.05, 0.1) is 18.8 Å². The van der Waals surface area contributed by atoms with E-state index in [1.807, 2.05) is 0 Å². The van der Waals surface area contributed by atoms with Gasteiger partial charge in [-0.25, -0.2) is 0 Å². The van der Waals surface area contributed by atoms with E-state index < -0.39 is 68.1 Å². The van der Waals surface area contributed by atoms with Crippen LogP contribution in [0.15, 0.2) is 0 Å². The van der Waals surface area contributed by atoms with Gasteiger partial charge in [0.1, 0.15) is 30.5 Å². The number of aliphatic hydroxyl groups excluding tert-OH is 7. The van der Waals surface area contributed by atoms with Gasteiger partial charge in [-0.3, -0.25) is 0 Å². The third kappa shape index (κ3) is 3.21. The molecular formula is C12H22O9. The molecule has 0 radical (unpaired) electrons. The van der Waals surface area contributed by atoms with Crippen molar-refractivity contribution in [3.05, 3.63) is 0 Å². The average molecular weight is 310 g/mol. The minimum Gasteiger partial charge on any atom is -0.396 e. The Labute approximate surface area is 121 Å². The highest BCUT2D eigenvalue weighted by Crippen LogP contribution is 2.31. The van der Waals surface area contributed by atoms with Crippen LogP contribution in [0.5, 0.6) is 0 Å². The first-order valence-corrected chi connectivity index (χ1v) is 6.83. The van der Waals surface area contributed by atoms with Crippen LogP contribution in [-0.4, -0.2) is 98.0 Å². The van der Waals surface area contributed by atoms with Crippen molar-refractivity contribution in [2.24, 2.45) is 5.92 Å². The van der Waals surface area contributed by atoms with E-state index in [4.69, 9.17) is 19.7 Å². The lowest BCUT2D eigenvalue weighted by molar-refractivity contribution is -0.247. The third-order valence-electron chi connectivity index (χ3n) is 4.14. The second-order valence-corrected chi connectivity index (χ2v) is 5.53. The number of hydrogen-bond acceptors (Lipinski definition) is 9. The topological polar surface area (TPSA) is 160 Å². The van der Waals surface area contributed by atoms with E-state index in [9.17, 15) is 25.5 Å². The van der Waals surface area contributed by atoms with Gasteiger partial charge in [-0.15, -0.1) is 0 Å². The zero-order valence-electron chi connectivity index (χ0n) is 11.3. The lowest BCUT2D eigenvalue weighted by atomic mass is 9.81. The molecule has 0 amide bonds. The van der Waals surface area contributed by atoms with E-state index in [0.29, 0.717) is 0 Å². The molecule has 0 aromatic carbocycles. The predicted molar refractivity (Wildman–Crippen MR) is 65.8 cm³/mol. The van der Waals surface area contributed by atoms with E-state index in [2.05, 4.69) is 0 Å². The quantitative estimate of drug-likeness (QED) is 0.274. The Bertz CT molecular complexity index is 339. The summed E-state index contributed by atoms with van der Waals surface area (Å²) in [5, 5.41) is 66.8. The van der Waals surface area contributed by atoms with Crippen LogP contribution >= 0.6 is 0 Å². The molecule has 21 heavy (non-hydrogen) atoms. The normalized spacial score (nSPS) is 51.3. The highest BCUT2D eigenvalue weighted by atomic mass is 16.7. The Kier molecular flexibility index (Phi) is 5.52. The summed E-state index contributed by atoms with van der Waals surface area (Å²) in [6, 6.07) is 0. The van der Waals surface area contributed by atoms with E-state index in [1.54, 1.807) is 0 Å². The van der Waals surface area contributed by atoms with Crippen molar-refractivity contribution in [2.75, 3.05) is 13.2 Å². The van der Waals surface area contributed by atoms with Crippen LogP contribution in [0.4, 0.5) is 0 Å². The molecule has 0 aromatic rings. The van der Waals surface area contributed by atoms with E-state index in [-0.39, 0.29) is 6.42 Å². The van der Waals surface area contributed by atoms with Gasteiger partial charge in [0.2, 0.25) is 0 Å². The predicted octanol–water partition coefficient (Wildman–Crippen LogP) is -4.09. The number of aliphatic hydroxyl groups is 7. The lowest BCUT2D eigenvalue weighted by Crippen LogP contribution is -2.56. The summed E-state index contributed by atoms with van der Waals surface area (Å²) in [6.45, 7) is -0.910. The SMILES string of the molecule is OC[C@H]1C[C@H](O[C@@H]2O[C@H](CO)[C@@H](O)[C@@H]2O)[C@H](O)[C@@H](O)[C@@H]1O. The van der Waals surface area contributed by atoms with Crippen molar-refractivity contribution in [1.29, 1.82) is 0 Å². The summed E-state index contributed by atoms with van der Waals surface area (Å²) in [6.07, 6.45) is -10.2. The van der Waals surface area contributed by atoms with E-state index in [0.717, 1.165) is 0 Å². The molecule has 0 bridgehead atoms. The number of hydrogen-bond donors (Lipinski definition) is 7. The molecule has 1 aliphatic carbocycles. The van der Waals surface area contributed by atoms with Crippen LogP contribution in [0.1, 0.15) is 6.42 Å². The van der Waals surface area contributed by atoms with Gasteiger partial charge >= 0.3 is 0 Å². The molecule has 1 saturated heterocycles. The maximum absolute atomic E-state index is 9.89. The van der Waals surface area contributed by atoms with Crippen molar-refractivity contribution in [1.82, 2.24) is 0 Å². The maximum atomic E-state index is 9.89. The lowest BCUT2D eigenvalue weighted by Gasteiger charge is -2.40. The molecule has 2 fully saturated rings. The molecule has 9 atom stereocenters. The van der Waals surface area contributed by atoms with Crippen LogP contribution in [0.3, 0.4) is 0 Å². The molecular weight excluding hydrogens is 288 g/mol. The Morgan fingerprint density at radius 1 is 0.810 bits per heavy atom. The van der Waals surface area contributed by atoms with Crippen LogP contribution in [0.2, 0.25) is 0 Å². The number of ether oxygens (including phenoxy) is 2. The Morgan fingerprint density at radius 2 is 1.48 bits per heavy atom. The minimum absolute atomic E-state index is 0.0440.